The first-order valence-corrected chi connectivity index (χ1v) is 9.73. The van der Waals surface area contributed by atoms with E-state index in [1.54, 1.807) is 30.7 Å². The molecule has 1 aliphatic heterocycles. The average Bonchev–Trinajstić information content (AvgIpc) is 3.16. The van der Waals surface area contributed by atoms with E-state index in [-0.39, 0.29) is 11.9 Å². The van der Waals surface area contributed by atoms with Crippen molar-refractivity contribution in [3.05, 3.63) is 42.0 Å². The number of rotatable bonds is 4. The van der Waals surface area contributed by atoms with Gasteiger partial charge in [-0.25, -0.2) is 15.0 Å². The molecule has 7 nitrogen and oxygen atoms in total. The van der Waals surface area contributed by atoms with Gasteiger partial charge in [0.15, 0.2) is 5.13 Å². The molecule has 8 heteroatoms. The third-order valence-corrected chi connectivity index (χ3v) is 6.01. The lowest BCUT2D eigenvalue weighted by atomic mass is 10.1. The van der Waals surface area contributed by atoms with Gasteiger partial charge >= 0.3 is 0 Å². The van der Waals surface area contributed by atoms with Crippen LogP contribution >= 0.6 is 11.3 Å². The summed E-state index contributed by atoms with van der Waals surface area (Å²) in [7, 11) is 1.67. The molecule has 0 bridgehead atoms. The van der Waals surface area contributed by atoms with Crippen molar-refractivity contribution in [3.8, 4) is 5.75 Å². The van der Waals surface area contributed by atoms with Crippen LogP contribution in [0.5, 0.6) is 5.75 Å². The van der Waals surface area contributed by atoms with Gasteiger partial charge in [0.05, 0.1) is 11.8 Å². The largest absolute Gasteiger partial charge is 0.494 e. The van der Waals surface area contributed by atoms with Gasteiger partial charge in [-0.1, -0.05) is 17.4 Å². The molecule has 0 saturated carbocycles. The number of carbonyl (C=O) groups is 1. The number of benzene rings is 1. The topological polar surface area (TPSA) is 80.2 Å². The van der Waals surface area contributed by atoms with Crippen LogP contribution in [0.4, 0.5) is 5.13 Å². The van der Waals surface area contributed by atoms with Crippen LogP contribution in [0.2, 0.25) is 0 Å². The van der Waals surface area contributed by atoms with Crippen molar-refractivity contribution in [2.75, 3.05) is 25.1 Å². The number of aryl methyl sites for hydroxylation is 1. The Bertz CT molecular complexity index is 959. The smallest absolute Gasteiger partial charge is 0.270 e. The molecule has 3 heterocycles. The highest BCUT2D eigenvalue weighted by molar-refractivity contribution is 7.22. The van der Waals surface area contributed by atoms with Crippen molar-refractivity contribution in [1.29, 1.82) is 0 Å². The van der Waals surface area contributed by atoms with Crippen molar-refractivity contribution in [2.24, 2.45) is 0 Å². The van der Waals surface area contributed by atoms with Crippen LogP contribution in [0.1, 0.15) is 28.9 Å². The minimum absolute atomic E-state index is 0.0659. The number of amides is 1. The number of hydrogen-bond donors (Lipinski definition) is 1. The second-order valence-electron chi connectivity index (χ2n) is 6.61. The minimum atomic E-state index is -0.161. The number of nitrogens with one attached hydrogen (secondary N) is 1. The lowest BCUT2D eigenvalue weighted by Crippen LogP contribution is -2.48. The van der Waals surface area contributed by atoms with Crippen LogP contribution < -0.4 is 15.0 Å². The number of piperidine rings is 1. The highest BCUT2D eigenvalue weighted by Gasteiger charge is 2.25. The number of methoxy groups -OCH3 is 1. The summed E-state index contributed by atoms with van der Waals surface area (Å²) in [5, 5.41) is 4.05. The van der Waals surface area contributed by atoms with Gasteiger partial charge in [-0.3, -0.25) is 4.79 Å². The third kappa shape index (κ3) is 3.57. The van der Waals surface area contributed by atoms with E-state index in [9.17, 15) is 4.79 Å². The Morgan fingerprint density at radius 1 is 1.37 bits per heavy atom. The van der Waals surface area contributed by atoms with E-state index in [0.29, 0.717) is 5.69 Å². The predicted molar refractivity (Wildman–Crippen MR) is 106 cm³/mol. The molecule has 3 aromatic rings. The van der Waals surface area contributed by atoms with Crippen LogP contribution in [-0.2, 0) is 0 Å². The Balaban J connectivity index is 1.52. The fraction of sp³-hybridized carbons (Fsp3) is 0.368. The van der Waals surface area contributed by atoms with Gasteiger partial charge in [-0.2, -0.15) is 0 Å². The second-order valence-corrected chi connectivity index (χ2v) is 7.59. The van der Waals surface area contributed by atoms with Gasteiger partial charge in [0.1, 0.15) is 23.3 Å². The number of ether oxygens (including phenoxy) is 1. The lowest BCUT2D eigenvalue weighted by Gasteiger charge is -2.32. The number of thiazole rings is 1. The van der Waals surface area contributed by atoms with Gasteiger partial charge in [0.25, 0.3) is 5.91 Å². The molecule has 1 amide bonds. The highest BCUT2D eigenvalue weighted by atomic mass is 32.1. The van der Waals surface area contributed by atoms with Crippen LogP contribution in [0.15, 0.2) is 30.7 Å². The SMILES string of the molecule is COc1ccc(C)c2sc(N3CCCC(NC(=O)c4ccncn4)C3)nc12. The molecule has 1 aromatic carbocycles. The number of carbonyl (C=O) groups excluding carboxylic acids is 1. The standard InChI is InChI=1S/C19H21N5O2S/c1-12-5-6-15(26-2)16-17(12)27-19(23-16)24-9-3-4-13(10-24)22-18(25)14-7-8-20-11-21-14/h5-8,11,13H,3-4,9-10H2,1-2H3,(H,22,25). The molecular weight excluding hydrogens is 362 g/mol. The summed E-state index contributed by atoms with van der Waals surface area (Å²) in [6.07, 6.45) is 4.91. The van der Waals surface area contributed by atoms with Crippen LogP contribution in [0, 0.1) is 6.92 Å². The summed E-state index contributed by atoms with van der Waals surface area (Å²) in [6.45, 7) is 3.75. The molecule has 1 fully saturated rings. The quantitative estimate of drug-likeness (QED) is 0.746. The molecule has 1 unspecified atom stereocenters. The first kappa shape index (κ1) is 17.7. The first-order valence-electron chi connectivity index (χ1n) is 8.91. The van der Waals surface area contributed by atoms with Crippen LogP contribution in [0.3, 0.4) is 0 Å². The number of aromatic nitrogens is 3. The fourth-order valence-electron chi connectivity index (χ4n) is 3.35. The van der Waals surface area contributed by atoms with Gasteiger partial charge in [-0.15, -0.1) is 0 Å². The fourth-order valence-corrected chi connectivity index (χ4v) is 4.44. The highest BCUT2D eigenvalue weighted by Crippen LogP contribution is 2.37. The maximum atomic E-state index is 12.4. The van der Waals surface area contributed by atoms with Gasteiger partial charge in [0.2, 0.25) is 0 Å². The molecule has 0 spiro atoms. The average molecular weight is 383 g/mol. The molecule has 0 radical (unpaired) electrons. The zero-order chi connectivity index (χ0) is 18.8. The number of fused-ring (bicyclic) bond motifs is 1. The van der Waals surface area contributed by atoms with Gasteiger partial charge in [0, 0.05) is 25.3 Å². The second kappa shape index (κ2) is 7.48. The monoisotopic (exact) mass is 383 g/mol. The molecule has 1 atom stereocenters. The molecule has 27 heavy (non-hydrogen) atoms. The molecule has 140 valence electrons. The maximum absolute atomic E-state index is 12.4. The zero-order valence-corrected chi connectivity index (χ0v) is 16.1. The summed E-state index contributed by atoms with van der Waals surface area (Å²) >= 11 is 1.68. The molecule has 2 aromatic heterocycles. The summed E-state index contributed by atoms with van der Waals surface area (Å²) in [4.78, 5) is 27.3. The Hall–Kier alpha value is -2.74. The number of hydrogen-bond acceptors (Lipinski definition) is 7. The van der Waals surface area contributed by atoms with E-state index >= 15 is 0 Å². The van der Waals surface area contributed by atoms with Crippen LogP contribution in [0.25, 0.3) is 10.2 Å². The van der Waals surface area contributed by atoms with E-state index < -0.39 is 0 Å². The van der Waals surface area contributed by atoms with Crippen molar-refractivity contribution in [1.82, 2.24) is 20.3 Å². The van der Waals surface area contributed by atoms with E-state index in [1.807, 2.05) is 6.07 Å². The molecule has 1 N–H and O–H groups in total. The molecular formula is C19H21N5O2S. The van der Waals surface area contributed by atoms with Gasteiger partial charge < -0.3 is 15.0 Å². The maximum Gasteiger partial charge on any atom is 0.270 e. The summed E-state index contributed by atoms with van der Waals surface area (Å²) in [5.74, 6) is 0.634. The number of nitrogens with zero attached hydrogens (tertiary/aromatic N) is 4. The van der Waals surface area contributed by atoms with E-state index in [4.69, 9.17) is 9.72 Å². The molecule has 1 saturated heterocycles. The van der Waals surface area contributed by atoms with Crippen molar-refractivity contribution >= 4 is 32.6 Å². The number of anilines is 1. The van der Waals surface area contributed by atoms with Crippen LogP contribution in [-0.4, -0.2) is 47.1 Å². The Kier molecular flexibility index (Phi) is 4.89. The zero-order valence-electron chi connectivity index (χ0n) is 15.3. The first-order chi connectivity index (χ1) is 13.2. The molecule has 1 aliphatic rings. The normalized spacial score (nSPS) is 17.1. The molecule has 4 rings (SSSR count). The third-order valence-electron chi connectivity index (χ3n) is 4.75. The van der Waals surface area contributed by atoms with E-state index in [0.717, 1.165) is 47.0 Å². The van der Waals surface area contributed by atoms with E-state index in [1.165, 1.54) is 11.9 Å². The lowest BCUT2D eigenvalue weighted by molar-refractivity contribution is 0.0928. The minimum Gasteiger partial charge on any atom is -0.494 e. The summed E-state index contributed by atoms with van der Waals surface area (Å²) in [6, 6.07) is 5.71. The Morgan fingerprint density at radius 3 is 3.04 bits per heavy atom. The summed E-state index contributed by atoms with van der Waals surface area (Å²) < 4.78 is 6.61. The van der Waals surface area contributed by atoms with Crippen molar-refractivity contribution in [3.63, 3.8) is 0 Å². The molecule has 0 aliphatic carbocycles. The Morgan fingerprint density at radius 2 is 2.26 bits per heavy atom. The van der Waals surface area contributed by atoms with Gasteiger partial charge in [-0.05, 0) is 37.5 Å². The van der Waals surface area contributed by atoms with E-state index in [2.05, 4.69) is 33.2 Å². The summed E-state index contributed by atoms with van der Waals surface area (Å²) in [5.41, 5.74) is 2.49. The predicted octanol–water partition coefficient (Wildman–Crippen LogP) is 2.80. The van der Waals surface area contributed by atoms with Crippen molar-refractivity contribution < 1.29 is 9.53 Å². The Labute approximate surface area is 161 Å². The van der Waals surface area contributed by atoms with Crippen molar-refractivity contribution in [2.45, 2.75) is 25.8 Å².